The van der Waals surface area contributed by atoms with E-state index in [-0.39, 0.29) is 24.2 Å². The molecule has 2 aromatic rings. The summed E-state index contributed by atoms with van der Waals surface area (Å²) in [5.41, 5.74) is 1.03. The molecule has 0 radical (unpaired) electrons. The van der Waals surface area contributed by atoms with Crippen molar-refractivity contribution in [1.29, 1.82) is 0 Å². The molecule has 8 heteroatoms. The number of hydrogen-bond acceptors (Lipinski definition) is 4. The number of aromatic nitrogens is 1. The molecule has 2 aliphatic rings. The number of hydrogen-bond donors (Lipinski definition) is 0. The van der Waals surface area contributed by atoms with Crippen LogP contribution in [0.3, 0.4) is 0 Å². The van der Waals surface area contributed by atoms with Crippen LogP contribution in [0, 0.1) is 0 Å². The van der Waals surface area contributed by atoms with Crippen LogP contribution in [0.25, 0.3) is 0 Å². The van der Waals surface area contributed by atoms with Gasteiger partial charge in [-0.05, 0) is 55.5 Å². The van der Waals surface area contributed by atoms with Gasteiger partial charge in [0.15, 0.2) is 0 Å². The van der Waals surface area contributed by atoms with Gasteiger partial charge < -0.3 is 4.74 Å². The lowest BCUT2D eigenvalue weighted by atomic mass is 9.93. The molecule has 150 valence electrons. The number of halogens is 3. The van der Waals surface area contributed by atoms with Gasteiger partial charge in [-0.3, -0.25) is 9.59 Å². The SMILES string of the molecule is O=C1C2=C(CCCC2)C(=O)N1c1ccc(OCc2ccc(C(F)(F)F)cc2)cn1. The number of pyridine rings is 1. The summed E-state index contributed by atoms with van der Waals surface area (Å²) in [6.45, 7) is 0.0661. The highest BCUT2D eigenvalue weighted by atomic mass is 19.4. The summed E-state index contributed by atoms with van der Waals surface area (Å²) in [4.78, 5) is 30.3. The highest BCUT2D eigenvalue weighted by Crippen LogP contribution is 2.35. The Balaban J connectivity index is 1.41. The van der Waals surface area contributed by atoms with E-state index in [0.717, 1.165) is 29.9 Å². The molecule has 4 rings (SSSR count). The number of carbonyl (C=O) groups excluding carboxylic acids is 2. The first-order chi connectivity index (χ1) is 13.8. The Kier molecular flexibility index (Phi) is 4.86. The summed E-state index contributed by atoms with van der Waals surface area (Å²) in [6.07, 6.45) is 0.0378. The molecule has 5 nitrogen and oxygen atoms in total. The normalized spacial score (nSPS) is 17.0. The zero-order chi connectivity index (χ0) is 20.6. The summed E-state index contributed by atoms with van der Waals surface area (Å²) < 4.78 is 43.3. The first-order valence-corrected chi connectivity index (χ1v) is 9.20. The highest BCUT2D eigenvalue weighted by molar-refractivity contribution is 6.32. The number of rotatable bonds is 4. The average molecular weight is 402 g/mol. The van der Waals surface area contributed by atoms with E-state index in [1.54, 1.807) is 6.07 Å². The van der Waals surface area contributed by atoms with Crippen molar-refractivity contribution in [2.45, 2.75) is 38.5 Å². The molecular formula is C21H17F3N2O3. The van der Waals surface area contributed by atoms with Gasteiger partial charge in [0.2, 0.25) is 0 Å². The van der Waals surface area contributed by atoms with Crippen molar-refractivity contribution in [3.05, 3.63) is 64.9 Å². The fraction of sp³-hybridized carbons (Fsp3) is 0.286. The second kappa shape index (κ2) is 7.35. The first kappa shape index (κ1) is 19.2. The van der Waals surface area contributed by atoms with Gasteiger partial charge in [0.05, 0.1) is 11.8 Å². The molecule has 0 spiro atoms. The Labute approximate surface area is 164 Å². The van der Waals surface area contributed by atoms with Crippen molar-refractivity contribution in [3.63, 3.8) is 0 Å². The van der Waals surface area contributed by atoms with Crippen molar-refractivity contribution in [2.24, 2.45) is 0 Å². The van der Waals surface area contributed by atoms with E-state index in [2.05, 4.69) is 4.98 Å². The number of ether oxygens (including phenoxy) is 1. The van der Waals surface area contributed by atoms with Gasteiger partial charge in [-0.2, -0.15) is 13.2 Å². The van der Waals surface area contributed by atoms with Crippen LogP contribution < -0.4 is 9.64 Å². The van der Waals surface area contributed by atoms with Crippen molar-refractivity contribution >= 4 is 17.6 Å². The van der Waals surface area contributed by atoms with Gasteiger partial charge >= 0.3 is 6.18 Å². The number of anilines is 1. The molecule has 0 unspecified atom stereocenters. The Bertz CT molecular complexity index is 952. The smallest absolute Gasteiger partial charge is 0.416 e. The third-order valence-electron chi connectivity index (χ3n) is 5.03. The lowest BCUT2D eigenvalue weighted by molar-refractivity contribution is -0.137. The van der Waals surface area contributed by atoms with E-state index in [1.807, 2.05) is 0 Å². The van der Waals surface area contributed by atoms with E-state index in [9.17, 15) is 22.8 Å². The molecule has 1 aliphatic heterocycles. The molecule has 2 heterocycles. The van der Waals surface area contributed by atoms with Crippen molar-refractivity contribution in [3.8, 4) is 5.75 Å². The molecule has 0 N–H and O–H groups in total. The number of alkyl halides is 3. The van der Waals surface area contributed by atoms with Gasteiger partial charge in [-0.15, -0.1) is 0 Å². The molecule has 1 aromatic carbocycles. The molecule has 0 bridgehead atoms. The Morgan fingerprint density at radius 3 is 2.07 bits per heavy atom. The second-order valence-electron chi connectivity index (χ2n) is 6.95. The molecule has 0 fully saturated rings. The zero-order valence-electron chi connectivity index (χ0n) is 15.3. The quantitative estimate of drug-likeness (QED) is 0.711. The summed E-state index contributed by atoms with van der Waals surface area (Å²) >= 11 is 0. The van der Waals surface area contributed by atoms with E-state index in [4.69, 9.17) is 4.74 Å². The fourth-order valence-corrected chi connectivity index (χ4v) is 3.49. The molecule has 0 atom stereocenters. The Hall–Kier alpha value is -3.16. The number of amides is 2. The molecule has 1 aromatic heterocycles. The average Bonchev–Trinajstić information content (AvgIpc) is 2.97. The maximum Gasteiger partial charge on any atom is 0.416 e. The highest BCUT2D eigenvalue weighted by Gasteiger charge is 2.40. The Morgan fingerprint density at radius 1 is 0.931 bits per heavy atom. The summed E-state index contributed by atoms with van der Waals surface area (Å²) in [7, 11) is 0. The summed E-state index contributed by atoms with van der Waals surface area (Å²) in [6, 6.07) is 7.80. The van der Waals surface area contributed by atoms with Gasteiger partial charge in [0.1, 0.15) is 18.2 Å². The fourth-order valence-electron chi connectivity index (χ4n) is 3.49. The number of nitrogens with zero attached hydrogens (tertiary/aromatic N) is 2. The molecule has 29 heavy (non-hydrogen) atoms. The van der Waals surface area contributed by atoms with E-state index < -0.39 is 11.7 Å². The Morgan fingerprint density at radius 2 is 1.55 bits per heavy atom. The number of carbonyl (C=O) groups is 2. The lowest BCUT2D eigenvalue weighted by Gasteiger charge is -2.14. The lowest BCUT2D eigenvalue weighted by Crippen LogP contribution is -2.32. The van der Waals surface area contributed by atoms with Crippen LogP contribution in [0.1, 0.15) is 36.8 Å². The third-order valence-corrected chi connectivity index (χ3v) is 5.03. The van der Waals surface area contributed by atoms with Crippen molar-refractivity contribution in [1.82, 2.24) is 4.98 Å². The minimum Gasteiger partial charge on any atom is -0.487 e. The minimum atomic E-state index is -4.38. The van der Waals surface area contributed by atoms with Gasteiger partial charge in [0.25, 0.3) is 11.8 Å². The number of benzene rings is 1. The largest absolute Gasteiger partial charge is 0.487 e. The van der Waals surface area contributed by atoms with E-state index in [0.29, 0.717) is 35.3 Å². The predicted molar refractivity (Wildman–Crippen MR) is 98.0 cm³/mol. The van der Waals surface area contributed by atoms with Gasteiger partial charge in [0, 0.05) is 11.1 Å². The van der Waals surface area contributed by atoms with Crippen LogP contribution in [0.2, 0.25) is 0 Å². The van der Waals surface area contributed by atoms with Crippen molar-refractivity contribution in [2.75, 3.05) is 4.90 Å². The maximum absolute atomic E-state index is 12.6. The first-order valence-electron chi connectivity index (χ1n) is 9.20. The van der Waals surface area contributed by atoms with Crippen LogP contribution in [0.4, 0.5) is 19.0 Å². The van der Waals surface area contributed by atoms with Crippen molar-refractivity contribution < 1.29 is 27.5 Å². The minimum absolute atomic E-state index is 0.0661. The van der Waals surface area contributed by atoms with Gasteiger partial charge in [-0.1, -0.05) is 12.1 Å². The van der Waals surface area contributed by atoms with Crippen LogP contribution in [-0.2, 0) is 22.4 Å². The second-order valence-corrected chi connectivity index (χ2v) is 6.95. The van der Waals surface area contributed by atoms with Gasteiger partial charge in [-0.25, -0.2) is 9.88 Å². The monoisotopic (exact) mass is 402 g/mol. The summed E-state index contributed by atoms with van der Waals surface area (Å²) in [5.74, 6) is -0.00649. The van der Waals surface area contributed by atoms with Crippen LogP contribution >= 0.6 is 0 Å². The number of imide groups is 1. The van der Waals surface area contributed by atoms with E-state index in [1.165, 1.54) is 24.4 Å². The molecule has 0 saturated carbocycles. The molecule has 0 saturated heterocycles. The summed E-state index contributed by atoms with van der Waals surface area (Å²) in [5, 5.41) is 0. The van der Waals surface area contributed by atoms with Crippen LogP contribution in [0.15, 0.2) is 53.7 Å². The van der Waals surface area contributed by atoms with Crippen LogP contribution in [-0.4, -0.2) is 16.8 Å². The standard InChI is InChI=1S/C21H17F3N2O3/c22-21(23,24)14-7-5-13(6-8-14)12-29-15-9-10-18(25-11-15)26-19(27)16-3-1-2-4-17(16)20(26)28/h5-11H,1-4,12H2. The zero-order valence-corrected chi connectivity index (χ0v) is 15.3. The third kappa shape index (κ3) is 3.74. The molecule has 1 aliphatic carbocycles. The molecular weight excluding hydrogens is 385 g/mol. The van der Waals surface area contributed by atoms with E-state index >= 15 is 0 Å². The predicted octanol–water partition coefficient (Wildman–Crippen LogP) is 4.42. The molecule has 2 amide bonds. The van der Waals surface area contributed by atoms with Crippen LogP contribution in [0.5, 0.6) is 5.75 Å². The topological polar surface area (TPSA) is 59.5 Å². The maximum atomic E-state index is 12.6.